The standard InChI is InChI=1S/C16H26N4O/c1-13-11-14(2)20(18-13)12-15(21)19-9-5-16(6-10-19)3-7-17-8-4-16/h11,17H,3-10,12H2,1-2H3. The second kappa shape index (κ2) is 5.79. The Labute approximate surface area is 126 Å². The number of aryl methyl sites for hydroxylation is 2. The van der Waals surface area contributed by atoms with E-state index in [0.29, 0.717) is 12.0 Å². The highest BCUT2D eigenvalue weighted by atomic mass is 16.2. The molecule has 1 aromatic rings. The molecule has 3 heterocycles. The molecule has 1 amide bonds. The van der Waals surface area contributed by atoms with E-state index in [-0.39, 0.29) is 5.91 Å². The van der Waals surface area contributed by atoms with Gasteiger partial charge in [-0.1, -0.05) is 0 Å². The number of aromatic nitrogens is 2. The van der Waals surface area contributed by atoms with Crippen LogP contribution in [0.25, 0.3) is 0 Å². The summed E-state index contributed by atoms with van der Waals surface area (Å²) < 4.78 is 1.83. The first kappa shape index (κ1) is 14.6. The maximum absolute atomic E-state index is 12.5. The Hall–Kier alpha value is -1.36. The third-order valence-corrected chi connectivity index (χ3v) is 5.23. The number of hydrogen-bond donors (Lipinski definition) is 1. The van der Waals surface area contributed by atoms with Crippen molar-refractivity contribution in [2.75, 3.05) is 26.2 Å². The van der Waals surface area contributed by atoms with Crippen molar-refractivity contribution < 1.29 is 4.79 Å². The maximum atomic E-state index is 12.5. The van der Waals surface area contributed by atoms with Crippen LogP contribution in [0.15, 0.2) is 6.07 Å². The minimum atomic E-state index is 0.213. The smallest absolute Gasteiger partial charge is 0.244 e. The normalized spacial score (nSPS) is 21.7. The number of nitrogens with one attached hydrogen (secondary N) is 1. The average Bonchev–Trinajstić information content (AvgIpc) is 2.78. The van der Waals surface area contributed by atoms with E-state index in [2.05, 4.69) is 10.4 Å². The molecule has 2 aliphatic heterocycles. The van der Waals surface area contributed by atoms with E-state index < -0.39 is 0 Å². The molecule has 5 heteroatoms. The van der Waals surface area contributed by atoms with E-state index in [4.69, 9.17) is 0 Å². The van der Waals surface area contributed by atoms with Crippen LogP contribution in [0.3, 0.4) is 0 Å². The van der Waals surface area contributed by atoms with E-state index >= 15 is 0 Å². The van der Waals surface area contributed by atoms with Gasteiger partial charge in [0.25, 0.3) is 0 Å². The SMILES string of the molecule is Cc1cc(C)n(CC(=O)N2CCC3(CCNCC3)CC2)n1. The molecule has 0 aromatic carbocycles. The van der Waals surface area contributed by atoms with Crippen LogP contribution in [0.5, 0.6) is 0 Å². The number of likely N-dealkylation sites (tertiary alicyclic amines) is 1. The van der Waals surface area contributed by atoms with Gasteiger partial charge in [0.1, 0.15) is 6.54 Å². The predicted octanol–water partition coefficient (Wildman–Crippen LogP) is 1.49. The van der Waals surface area contributed by atoms with Gasteiger partial charge in [0, 0.05) is 18.8 Å². The highest BCUT2D eigenvalue weighted by molar-refractivity contribution is 5.76. The number of rotatable bonds is 2. The van der Waals surface area contributed by atoms with Crippen LogP contribution in [-0.4, -0.2) is 46.8 Å². The van der Waals surface area contributed by atoms with Crippen LogP contribution in [0.2, 0.25) is 0 Å². The Morgan fingerprint density at radius 3 is 2.48 bits per heavy atom. The average molecular weight is 290 g/mol. The van der Waals surface area contributed by atoms with Gasteiger partial charge in [0.15, 0.2) is 0 Å². The summed E-state index contributed by atoms with van der Waals surface area (Å²) in [6, 6.07) is 2.02. The van der Waals surface area contributed by atoms with Crippen LogP contribution in [0, 0.1) is 19.3 Å². The van der Waals surface area contributed by atoms with Gasteiger partial charge in [-0.05, 0) is 64.1 Å². The number of hydrogen-bond acceptors (Lipinski definition) is 3. The molecule has 0 atom stereocenters. The lowest BCUT2D eigenvalue weighted by atomic mass is 9.71. The van der Waals surface area contributed by atoms with Gasteiger partial charge >= 0.3 is 0 Å². The highest BCUT2D eigenvalue weighted by Crippen LogP contribution is 2.39. The summed E-state index contributed by atoms with van der Waals surface area (Å²) >= 11 is 0. The van der Waals surface area contributed by atoms with Gasteiger partial charge in [-0.3, -0.25) is 9.48 Å². The molecule has 116 valence electrons. The van der Waals surface area contributed by atoms with Crippen molar-refractivity contribution in [2.24, 2.45) is 5.41 Å². The van der Waals surface area contributed by atoms with E-state index in [1.54, 1.807) is 0 Å². The van der Waals surface area contributed by atoms with Crippen LogP contribution in [0.4, 0.5) is 0 Å². The van der Waals surface area contributed by atoms with Crippen LogP contribution in [0.1, 0.15) is 37.1 Å². The number of nitrogens with zero attached hydrogens (tertiary/aromatic N) is 3. The molecular weight excluding hydrogens is 264 g/mol. The van der Waals surface area contributed by atoms with Crippen molar-refractivity contribution in [2.45, 2.75) is 46.1 Å². The van der Waals surface area contributed by atoms with Gasteiger partial charge in [-0.2, -0.15) is 5.10 Å². The molecule has 2 saturated heterocycles. The van der Waals surface area contributed by atoms with Crippen molar-refractivity contribution >= 4 is 5.91 Å². The van der Waals surface area contributed by atoms with Crippen LogP contribution < -0.4 is 5.32 Å². The first-order chi connectivity index (χ1) is 10.1. The highest BCUT2D eigenvalue weighted by Gasteiger charge is 2.36. The fraction of sp³-hybridized carbons (Fsp3) is 0.750. The molecule has 2 fully saturated rings. The summed E-state index contributed by atoms with van der Waals surface area (Å²) in [4.78, 5) is 14.5. The molecule has 1 aromatic heterocycles. The second-order valence-corrected chi connectivity index (χ2v) is 6.72. The fourth-order valence-electron chi connectivity index (χ4n) is 3.75. The number of carbonyl (C=O) groups excluding carboxylic acids is 1. The lowest BCUT2D eigenvalue weighted by Gasteiger charge is -2.44. The summed E-state index contributed by atoms with van der Waals surface area (Å²) in [5.74, 6) is 0.213. The van der Waals surface area contributed by atoms with E-state index in [1.807, 2.05) is 29.5 Å². The molecular formula is C16H26N4O. The van der Waals surface area contributed by atoms with Crippen molar-refractivity contribution in [3.05, 3.63) is 17.5 Å². The molecule has 0 unspecified atom stereocenters. The Morgan fingerprint density at radius 1 is 1.24 bits per heavy atom. The molecule has 1 N–H and O–H groups in total. The van der Waals surface area contributed by atoms with Crippen molar-refractivity contribution in [1.82, 2.24) is 20.0 Å². The van der Waals surface area contributed by atoms with E-state index in [9.17, 15) is 4.79 Å². The van der Waals surface area contributed by atoms with E-state index in [0.717, 1.165) is 50.4 Å². The molecule has 5 nitrogen and oxygen atoms in total. The van der Waals surface area contributed by atoms with Crippen molar-refractivity contribution in [3.63, 3.8) is 0 Å². The topological polar surface area (TPSA) is 50.2 Å². The minimum absolute atomic E-state index is 0.213. The van der Waals surface area contributed by atoms with Gasteiger partial charge in [0.05, 0.1) is 5.69 Å². The zero-order valence-electron chi connectivity index (χ0n) is 13.2. The van der Waals surface area contributed by atoms with Crippen molar-refractivity contribution in [3.8, 4) is 0 Å². The second-order valence-electron chi connectivity index (χ2n) is 6.72. The van der Waals surface area contributed by atoms with Crippen LogP contribution in [-0.2, 0) is 11.3 Å². The third-order valence-electron chi connectivity index (χ3n) is 5.23. The van der Waals surface area contributed by atoms with Gasteiger partial charge in [-0.15, -0.1) is 0 Å². The molecule has 0 radical (unpaired) electrons. The van der Waals surface area contributed by atoms with Gasteiger partial charge in [0.2, 0.25) is 5.91 Å². The maximum Gasteiger partial charge on any atom is 0.244 e. The molecule has 0 saturated carbocycles. The van der Waals surface area contributed by atoms with Crippen LogP contribution >= 0.6 is 0 Å². The molecule has 3 rings (SSSR count). The zero-order valence-corrected chi connectivity index (χ0v) is 13.2. The summed E-state index contributed by atoms with van der Waals surface area (Å²) in [5, 5.41) is 7.83. The fourth-order valence-corrected chi connectivity index (χ4v) is 3.75. The molecule has 2 aliphatic rings. The number of amides is 1. The summed E-state index contributed by atoms with van der Waals surface area (Å²) in [6.07, 6.45) is 4.87. The molecule has 21 heavy (non-hydrogen) atoms. The zero-order chi connectivity index (χ0) is 14.9. The number of carbonyl (C=O) groups is 1. The Kier molecular flexibility index (Phi) is 4.02. The Morgan fingerprint density at radius 2 is 1.90 bits per heavy atom. The molecule has 0 bridgehead atoms. The summed E-state index contributed by atoms with van der Waals surface area (Å²) in [7, 11) is 0. The largest absolute Gasteiger partial charge is 0.341 e. The van der Waals surface area contributed by atoms with Gasteiger partial charge < -0.3 is 10.2 Å². The van der Waals surface area contributed by atoms with E-state index in [1.165, 1.54) is 12.8 Å². The quantitative estimate of drug-likeness (QED) is 0.898. The predicted molar refractivity (Wildman–Crippen MR) is 82.1 cm³/mol. The monoisotopic (exact) mass is 290 g/mol. The lowest BCUT2D eigenvalue weighted by molar-refractivity contribution is -0.134. The minimum Gasteiger partial charge on any atom is -0.341 e. The number of piperidine rings is 2. The molecule has 1 spiro atoms. The summed E-state index contributed by atoms with van der Waals surface area (Å²) in [6.45, 7) is 8.47. The Bertz CT molecular complexity index is 506. The van der Waals surface area contributed by atoms with Crippen molar-refractivity contribution in [1.29, 1.82) is 0 Å². The Balaban J connectivity index is 1.56. The summed E-state index contributed by atoms with van der Waals surface area (Å²) in [5.41, 5.74) is 2.54. The lowest BCUT2D eigenvalue weighted by Crippen LogP contribution is -2.48. The third kappa shape index (κ3) is 3.12. The van der Waals surface area contributed by atoms with Gasteiger partial charge in [-0.25, -0.2) is 0 Å². The first-order valence-electron chi connectivity index (χ1n) is 8.08. The molecule has 0 aliphatic carbocycles. The first-order valence-corrected chi connectivity index (χ1v) is 8.08.